The van der Waals surface area contributed by atoms with Gasteiger partial charge >= 0.3 is 6.03 Å². The van der Waals surface area contributed by atoms with Crippen molar-refractivity contribution in [1.82, 2.24) is 5.32 Å². The minimum Gasteiger partial charge on any atom is -0.487 e. The van der Waals surface area contributed by atoms with Crippen molar-refractivity contribution in [1.29, 1.82) is 0 Å². The molecule has 1 heterocycles. The molecule has 3 aromatic rings. The molecule has 0 saturated carbocycles. The van der Waals surface area contributed by atoms with Crippen LogP contribution in [0.15, 0.2) is 75.2 Å². The predicted octanol–water partition coefficient (Wildman–Crippen LogP) is 6.37. The molecular weight excluding hydrogens is 679 g/mol. The number of rotatable bonds is 5. The number of hydrogen-bond donors (Lipinski definition) is 1. The molecule has 6 nitrogen and oxygen atoms in total. The zero-order valence-corrected chi connectivity index (χ0v) is 23.1. The van der Waals surface area contributed by atoms with Crippen molar-refractivity contribution in [2.45, 2.75) is 13.5 Å². The molecule has 0 radical (unpaired) electrons. The summed E-state index contributed by atoms with van der Waals surface area (Å²) in [5.74, 6) is -0.842. The number of hydrogen-bond acceptors (Lipinski definition) is 4. The average Bonchev–Trinajstić information content (AvgIpc) is 2.78. The maximum atomic E-state index is 13.1. The van der Waals surface area contributed by atoms with Gasteiger partial charge in [-0.25, -0.2) is 9.69 Å². The van der Waals surface area contributed by atoms with E-state index in [1.807, 2.05) is 31.2 Å². The number of aryl methyl sites for hydroxylation is 1. The minimum atomic E-state index is -0.780. The first-order chi connectivity index (χ1) is 16.2. The van der Waals surface area contributed by atoms with Crippen molar-refractivity contribution in [3.8, 4) is 5.75 Å². The quantitative estimate of drug-likeness (QED) is 0.191. The van der Waals surface area contributed by atoms with Gasteiger partial charge < -0.3 is 4.74 Å². The largest absolute Gasteiger partial charge is 0.487 e. The van der Waals surface area contributed by atoms with Crippen molar-refractivity contribution in [2.24, 2.45) is 0 Å². The van der Waals surface area contributed by atoms with Crippen LogP contribution in [0.3, 0.4) is 0 Å². The number of urea groups is 1. The van der Waals surface area contributed by atoms with Crippen LogP contribution in [0.5, 0.6) is 5.75 Å². The van der Waals surface area contributed by atoms with E-state index in [0.29, 0.717) is 32.6 Å². The molecular formula is C25H17Br2IN2O4. The van der Waals surface area contributed by atoms with Crippen LogP contribution >= 0.6 is 54.5 Å². The molecule has 34 heavy (non-hydrogen) atoms. The molecule has 4 rings (SSSR count). The molecule has 0 unspecified atom stereocenters. The number of nitrogens with one attached hydrogen (secondary N) is 1. The third-order valence-electron chi connectivity index (χ3n) is 5.02. The molecule has 0 atom stereocenters. The van der Waals surface area contributed by atoms with Crippen molar-refractivity contribution < 1.29 is 19.1 Å². The predicted molar refractivity (Wildman–Crippen MR) is 146 cm³/mol. The highest BCUT2D eigenvalue weighted by Crippen LogP contribution is 2.36. The Kier molecular flexibility index (Phi) is 7.54. The Morgan fingerprint density at radius 2 is 1.59 bits per heavy atom. The maximum absolute atomic E-state index is 13.1. The van der Waals surface area contributed by atoms with Gasteiger partial charge in [-0.05, 0) is 115 Å². The van der Waals surface area contributed by atoms with Gasteiger partial charge in [-0.3, -0.25) is 14.9 Å². The van der Waals surface area contributed by atoms with Gasteiger partial charge in [0, 0.05) is 3.57 Å². The van der Waals surface area contributed by atoms with Gasteiger partial charge in [0.05, 0.1) is 14.6 Å². The first-order valence-corrected chi connectivity index (χ1v) is 12.7. The van der Waals surface area contributed by atoms with Gasteiger partial charge in [0.15, 0.2) is 0 Å². The summed E-state index contributed by atoms with van der Waals surface area (Å²) in [7, 11) is 0. The lowest BCUT2D eigenvalue weighted by Crippen LogP contribution is -2.54. The van der Waals surface area contributed by atoms with Crippen LogP contribution in [0.4, 0.5) is 10.5 Å². The second-order valence-corrected chi connectivity index (χ2v) is 10.5. The first-order valence-electron chi connectivity index (χ1n) is 10.1. The molecule has 0 bridgehead atoms. The number of benzene rings is 3. The normalized spacial score (nSPS) is 15.0. The molecule has 1 aliphatic rings. The monoisotopic (exact) mass is 694 g/mol. The number of halogens is 3. The number of carbonyl (C=O) groups is 3. The SMILES string of the molecule is Cc1ccc(N2C(=O)NC(=O)/C(=C\c3cc(Br)c(OCc4ccc(I)cc4)c(Br)c3)C2=O)cc1. The smallest absolute Gasteiger partial charge is 0.335 e. The van der Waals surface area contributed by atoms with E-state index in [1.165, 1.54) is 6.08 Å². The second-order valence-electron chi connectivity index (χ2n) is 7.52. The summed E-state index contributed by atoms with van der Waals surface area (Å²) in [6, 6.07) is 17.6. The molecule has 3 aromatic carbocycles. The average molecular weight is 696 g/mol. The molecule has 0 spiro atoms. The zero-order chi connectivity index (χ0) is 24.4. The fraction of sp³-hybridized carbons (Fsp3) is 0.0800. The van der Waals surface area contributed by atoms with Crippen molar-refractivity contribution in [3.05, 3.63) is 95.4 Å². The molecule has 172 valence electrons. The van der Waals surface area contributed by atoms with E-state index in [9.17, 15) is 14.4 Å². The molecule has 1 fully saturated rings. The van der Waals surface area contributed by atoms with Crippen molar-refractivity contribution in [2.75, 3.05) is 4.90 Å². The molecule has 1 N–H and O–H groups in total. The third kappa shape index (κ3) is 5.42. The van der Waals surface area contributed by atoms with E-state index in [0.717, 1.165) is 19.6 Å². The summed E-state index contributed by atoms with van der Waals surface area (Å²) in [5, 5.41) is 2.24. The molecule has 1 saturated heterocycles. The highest BCUT2D eigenvalue weighted by molar-refractivity contribution is 14.1. The summed E-state index contributed by atoms with van der Waals surface area (Å²) >= 11 is 9.26. The van der Waals surface area contributed by atoms with Crippen molar-refractivity contribution >= 4 is 84.1 Å². The Morgan fingerprint density at radius 3 is 2.21 bits per heavy atom. The molecule has 4 amide bonds. The van der Waals surface area contributed by atoms with Crippen LogP contribution in [0.1, 0.15) is 16.7 Å². The van der Waals surface area contributed by atoms with E-state index in [4.69, 9.17) is 4.74 Å². The molecule has 0 aliphatic carbocycles. The van der Waals surface area contributed by atoms with Crippen LogP contribution in [-0.4, -0.2) is 17.8 Å². The minimum absolute atomic E-state index is 0.147. The second kappa shape index (κ2) is 10.4. The number of amides is 4. The van der Waals surface area contributed by atoms with E-state index < -0.39 is 17.8 Å². The number of imide groups is 2. The Morgan fingerprint density at radius 1 is 0.971 bits per heavy atom. The highest BCUT2D eigenvalue weighted by atomic mass is 127. The van der Waals surface area contributed by atoms with Crippen LogP contribution in [0.25, 0.3) is 6.08 Å². The Labute approximate surface area is 226 Å². The lowest BCUT2D eigenvalue weighted by Gasteiger charge is -2.26. The van der Waals surface area contributed by atoms with Gasteiger partial charge in [0.1, 0.15) is 17.9 Å². The van der Waals surface area contributed by atoms with Crippen LogP contribution in [0.2, 0.25) is 0 Å². The summed E-state index contributed by atoms with van der Waals surface area (Å²) in [5.41, 5.74) is 2.83. The molecule has 1 aliphatic heterocycles. The lowest BCUT2D eigenvalue weighted by atomic mass is 10.1. The number of nitrogens with zero attached hydrogens (tertiary/aromatic N) is 1. The van der Waals surface area contributed by atoms with Crippen LogP contribution in [-0.2, 0) is 16.2 Å². The summed E-state index contributed by atoms with van der Waals surface area (Å²) in [4.78, 5) is 38.9. The number of ether oxygens (including phenoxy) is 1. The Bertz CT molecular complexity index is 1300. The Hall–Kier alpha value is -2.50. The first kappa shape index (κ1) is 24.6. The summed E-state index contributed by atoms with van der Waals surface area (Å²) in [6.07, 6.45) is 1.45. The van der Waals surface area contributed by atoms with E-state index in [2.05, 4.69) is 59.8 Å². The summed E-state index contributed by atoms with van der Waals surface area (Å²) in [6.45, 7) is 2.28. The van der Waals surface area contributed by atoms with Crippen LogP contribution < -0.4 is 15.0 Å². The summed E-state index contributed by atoms with van der Waals surface area (Å²) < 4.78 is 8.40. The third-order valence-corrected chi connectivity index (χ3v) is 6.92. The fourth-order valence-corrected chi connectivity index (χ4v) is 5.10. The highest BCUT2D eigenvalue weighted by Gasteiger charge is 2.36. The van der Waals surface area contributed by atoms with Crippen LogP contribution in [0, 0.1) is 10.5 Å². The topological polar surface area (TPSA) is 75.7 Å². The maximum Gasteiger partial charge on any atom is 0.335 e. The number of barbiturate groups is 1. The standard InChI is InChI=1S/C25H17Br2IN2O4/c1-14-2-8-18(9-3-14)30-24(32)19(23(31)29-25(30)33)10-16-11-20(26)22(21(27)12-16)34-13-15-4-6-17(28)7-5-15/h2-12H,13H2,1H3,(H,29,31,33)/b19-10+. The van der Waals surface area contributed by atoms with Gasteiger partial charge in [0.25, 0.3) is 11.8 Å². The van der Waals surface area contributed by atoms with Gasteiger partial charge in [-0.1, -0.05) is 29.8 Å². The zero-order valence-electron chi connectivity index (χ0n) is 17.8. The fourth-order valence-electron chi connectivity index (χ4n) is 3.29. The number of carbonyl (C=O) groups excluding carboxylic acids is 3. The number of anilines is 1. The molecule has 9 heteroatoms. The van der Waals surface area contributed by atoms with Gasteiger partial charge in [-0.15, -0.1) is 0 Å². The molecule has 0 aromatic heterocycles. The van der Waals surface area contributed by atoms with E-state index in [1.54, 1.807) is 36.4 Å². The Balaban J connectivity index is 1.60. The lowest BCUT2D eigenvalue weighted by molar-refractivity contribution is -0.122. The van der Waals surface area contributed by atoms with E-state index in [-0.39, 0.29) is 5.57 Å². The van der Waals surface area contributed by atoms with Gasteiger partial charge in [-0.2, -0.15) is 0 Å². The van der Waals surface area contributed by atoms with Crippen molar-refractivity contribution in [3.63, 3.8) is 0 Å². The van der Waals surface area contributed by atoms with E-state index >= 15 is 0 Å². The van der Waals surface area contributed by atoms with Gasteiger partial charge in [0.2, 0.25) is 0 Å².